The van der Waals surface area contributed by atoms with Gasteiger partial charge in [-0.25, -0.2) is 4.98 Å². The lowest BCUT2D eigenvalue weighted by Gasteiger charge is -2.27. The van der Waals surface area contributed by atoms with Gasteiger partial charge in [0.15, 0.2) is 0 Å². The van der Waals surface area contributed by atoms with Gasteiger partial charge < -0.3 is 10.6 Å². The van der Waals surface area contributed by atoms with Gasteiger partial charge in [-0.2, -0.15) is 11.8 Å². The van der Waals surface area contributed by atoms with Gasteiger partial charge in [-0.1, -0.05) is 6.92 Å². The van der Waals surface area contributed by atoms with E-state index in [2.05, 4.69) is 11.9 Å². The van der Waals surface area contributed by atoms with E-state index in [-0.39, 0.29) is 17.5 Å². The quantitative estimate of drug-likeness (QED) is 0.629. The van der Waals surface area contributed by atoms with Gasteiger partial charge in [-0.05, 0) is 12.7 Å². The molecule has 100 valence electrons. The molecule has 1 aromatic heterocycles. The first-order valence-corrected chi connectivity index (χ1v) is 7.02. The lowest BCUT2D eigenvalue weighted by atomic mass is 10.2. The lowest BCUT2D eigenvalue weighted by molar-refractivity contribution is -0.384. The minimum atomic E-state index is -0.453. The van der Waals surface area contributed by atoms with Gasteiger partial charge in [-0.15, -0.1) is 0 Å². The lowest BCUT2D eigenvalue weighted by Crippen LogP contribution is -2.33. The molecule has 1 rings (SSSR count). The summed E-state index contributed by atoms with van der Waals surface area (Å²) in [5.41, 5.74) is 5.58. The molecule has 1 aromatic rings. The molecule has 0 aliphatic heterocycles. The van der Waals surface area contributed by atoms with Crippen LogP contribution in [0.3, 0.4) is 0 Å². The van der Waals surface area contributed by atoms with E-state index in [0.717, 1.165) is 12.2 Å². The van der Waals surface area contributed by atoms with Gasteiger partial charge in [0.05, 0.1) is 17.1 Å². The summed E-state index contributed by atoms with van der Waals surface area (Å²) in [5.74, 6) is 1.66. The first kappa shape index (κ1) is 14.6. The van der Waals surface area contributed by atoms with Crippen LogP contribution in [0.25, 0.3) is 0 Å². The van der Waals surface area contributed by atoms with Crippen molar-refractivity contribution >= 4 is 29.1 Å². The van der Waals surface area contributed by atoms with Crippen LogP contribution in [-0.2, 0) is 0 Å². The Morgan fingerprint density at radius 2 is 2.28 bits per heavy atom. The van der Waals surface area contributed by atoms with Crippen molar-refractivity contribution in [3.8, 4) is 0 Å². The number of hydrogen-bond acceptors (Lipinski definition) is 6. The Morgan fingerprint density at radius 3 is 2.78 bits per heavy atom. The van der Waals surface area contributed by atoms with Crippen LogP contribution in [-0.4, -0.2) is 35.0 Å². The molecule has 1 heterocycles. The first-order chi connectivity index (χ1) is 8.49. The molecule has 0 aliphatic carbocycles. The Hall–Kier alpha value is -1.50. The molecule has 0 aromatic carbocycles. The van der Waals surface area contributed by atoms with Crippen molar-refractivity contribution in [3.05, 3.63) is 22.2 Å². The number of nitrogen functional groups attached to an aromatic ring is 1. The molecule has 0 saturated heterocycles. The van der Waals surface area contributed by atoms with Crippen LogP contribution in [0.5, 0.6) is 0 Å². The molecular formula is C11H18N4O2S. The van der Waals surface area contributed by atoms with E-state index in [1.807, 2.05) is 18.2 Å². The van der Waals surface area contributed by atoms with Crippen LogP contribution in [0.2, 0.25) is 0 Å². The zero-order valence-electron chi connectivity index (χ0n) is 10.8. The maximum Gasteiger partial charge on any atom is 0.276 e. The van der Waals surface area contributed by atoms with E-state index >= 15 is 0 Å². The van der Waals surface area contributed by atoms with Gasteiger partial charge in [-0.3, -0.25) is 10.1 Å². The smallest absolute Gasteiger partial charge is 0.276 e. The molecule has 0 saturated carbocycles. The van der Waals surface area contributed by atoms with E-state index in [1.54, 1.807) is 11.8 Å². The third kappa shape index (κ3) is 3.49. The number of thioether (sulfide) groups is 1. The number of nitrogens with zero attached hydrogens (tertiary/aromatic N) is 3. The summed E-state index contributed by atoms with van der Waals surface area (Å²) in [4.78, 5) is 16.4. The minimum absolute atomic E-state index is 0.0247. The van der Waals surface area contributed by atoms with Crippen LogP contribution >= 0.6 is 11.8 Å². The Labute approximate surface area is 111 Å². The highest BCUT2D eigenvalue weighted by Crippen LogP contribution is 2.23. The molecule has 0 aliphatic rings. The molecule has 0 fully saturated rings. The first-order valence-electron chi connectivity index (χ1n) is 5.63. The van der Waals surface area contributed by atoms with Gasteiger partial charge in [0.2, 0.25) is 0 Å². The molecule has 1 unspecified atom stereocenters. The monoisotopic (exact) mass is 270 g/mol. The summed E-state index contributed by atoms with van der Waals surface area (Å²) in [5, 5.41) is 10.8. The van der Waals surface area contributed by atoms with Gasteiger partial charge in [0.1, 0.15) is 11.6 Å². The van der Waals surface area contributed by atoms with Gasteiger partial charge >= 0.3 is 0 Å². The molecule has 7 heteroatoms. The highest BCUT2D eigenvalue weighted by molar-refractivity contribution is 7.98. The SMILES string of the molecule is CCC(CSC)N(C)c1cc([N+](=O)[O-])cc(N)n1. The Kier molecular flexibility index (Phi) is 5.21. The van der Waals surface area contributed by atoms with Crippen LogP contribution in [0.15, 0.2) is 12.1 Å². The number of nitrogens with two attached hydrogens (primary N) is 1. The van der Waals surface area contributed by atoms with Crippen LogP contribution in [0, 0.1) is 10.1 Å². The van der Waals surface area contributed by atoms with Crippen molar-refractivity contribution in [1.29, 1.82) is 0 Å². The van der Waals surface area contributed by atoms with E-state index in [1.165, 1.54) is 12.1 Å². The maximum atomic E-state index is 10.8. The molecular weight excluding hydrogens is 252 g/mol. The molecule has 2 N–H and O–H groups in total. The summed E-state index contributed by atoms with van der Waals surface area (Å²) >= 11 is 1.74. The normalized spacial score (nSPS) is 12.2. The fourth-order valence-corrected chi connectivity index (χ4v) is 2.54. The summed E-state index contributed by atoms with van der Waals surface area (Å²) in [6.07, 6.45) is 2.98. The van der Waals surface area contributed by atoms with Crippen molar-refractivity contribution in [2.75, 3.05) is 29.7 Å². The average Bonchev–Trinajstić information content (AvgIpc) is 2.34. The van der Waals surface area contributed by atoms with Crippen LogP contribution in [0.4, 0.5) is 17.3 Å². The van der Waals surface area contributed by atoms with Crippen LogP contribution in [0.1, 0.15) is 13.3 Å². The van der Waals surface area contributed by atoms with E-state index in [9.17, 15) is 10.1 Å². The highest BCUT2D eigenvalue weighted by Gasteiger charge is 2.17. The van der Waals surface area contributed by atoms with E-state index < -0.39 is 4.92 Å². The van der Waals surface area contributed by atoms with Gasteiger partial charge in [0.25, 0.3) is 5.69 Å². The van der Waals surface area contributed by atoms with Gasteiger partial charge in [0, 0.05) is 18.8 Å². The van der Waals surface area contributed by atoms with Crippen molar-refractivity contribution in [2.24, 2.45) is 0 Å². The maximum absolute atomic E-state index is 10.8. The Bertz CT molecular complexity index is 428. The molecule has 0 amide bonds. The third-order valence-electron chi connectivity index (χ3n) is 2.77. The second-order valence-corrected chi connectivity index (χ2v) is 4.90. The van der Waals surface area contributed by atoms with E-state index in [0.29, 0.717) is 5.82 Å². The van der Waals surface area contributed by atoms with Crippen molar-refractivity contribution in [3.63, 3.8) is 0 Å². The van der Waals surface area contributed by atoms with Crippen molar-refractivity contribution in [2.45, 2.75) is 19.4 Å². The molecule has 0 spiro atoms. The summed E-state index contributed by atoms with van der Waals surface area (Å²) in [7, 11) is 1.88. The number of hydrogen-bond donors (Lipinski definition) is 1. The third-order valence-corrected chi connectivity index (χ3v) is 3.48. The fourth-order valence-electron chi connectivity index (χ4n) is 1.69. The zero-order valence-corrected chi connectivity index (χ0v) is 11.6. The van der Waals surface area contributed by atoms with E-state index in [4.69, 9.17) is 5.73 Å². The van der Waals surface area contributed by atoms with Crippen molar-refractivity contribution in [1.82, 2.24) is 4.98 Å². The Morgan fingerprint density at radius 1 is 1.61 bits per heavy atom. The Balaban J connectivity index is 3.04. The molecule has 1 atom stereocenters. The fraction of sp³-hybridized carbons (Fsp3) is 0.545. The average molecular weight is 270 g/mol. The number of rotatable bonds is 6. The number of pyridine rings is 1. The predicted molar refractivity (Wildman–Crippen MR) is 76.2 cm³/mol. The molecule has 0 radical (unpaired) electrons. The number of anilines is 2. The van der Waals surface area contributed by atoms with Crippen molar-refractivity contribution < 1.29 is 4.92 Å². The second kappa shape index (κ2) is 6.44. The minimum Gasteiger partial charge on any atom is -0.383 e. The molecule has 18 heavy (non-hydrogen) atoms. The molecule has 6 nitrogen and oxygen atoms in total. The molecule has 0 bridgehead atoms. The summed E-state index contributed by atoms with van der Waals surface area (Å²) in [6, 6.07) is 3.01. The standard InChI is InChI=1S/C11H18N4O2S/c1-4-8(7-18-3)14(2)11-6-9(15(16)17)5-10(12)13-11/h5-6,8H,4,7H2,1-3H3,(H2,12,13). The summed E-state index contributed by atoms with van der Waals surface area (Å²) < 4.78 is 0. The highest BCUT2D eigenvalue weighted by atomic mass is 32.2. The summed E-state index contributed by atoms with van der Waals surface area (Å²) in [6.45, 7) is 2.08. The topological polar surface area (TPSA) is 85.3 Å². The largest absolute Gasteiger partial charge is 0.383 e. The number of aromatic nitrogens is 1. The predicted octanol–water partition coefficient (Wildman–Crippen LogP) is 2.15. The zero-order chi connectivity index (χ0) is 13.7. The van der Waals surface area contributed by atoms with Crippen LogP contribution < -0.4 is 10.6 Å². The second-order valence-electron chi connectivity index (χ2n) is 3.99. The number of nitro groups is 1.